The predicted molar refractivity (Wildman–Crippen MR) is 119 cm³/mol. The van der Waals surface area contributed by atoms with Gasteiger partial charge in [0.05, 0.1) is 25.8 Å². The molecule has 0 bridgehead atoms. The van der Waals surface area contributed by atoms with E-state index in [1.54, 1.807) is 23.1 Å². The molecule has 6 heteroatoms. The summed E-state index contributed by atoms with van der Waals surface area (Å²) in [5.41, 5.74) is 2.10. The van der Waals surface area contributed by atoms with Crippen molar-refractivity contribution in [1.82, 2.24) is 4.90 Å². The van der Waals surface area contributed by atoms with E-state index in [0.29, 0.717) is 18.0 Å². The van der Waals surface area contributed by atoms with Crippen molar-refractivity contribution in [2.45, 2.75) is 39.2 Å². The first-order valence-corrected chi connectivity index (χ1v) is 10.5. The van der Waals surface area contributed by atoms with Crippen molar-refractivity contribution >= 4 is 17.4 Å². The van der Waals surface area contributed by atoms with Crippen LogP contribution in [0, 0.1) is 6.92 Å². The lowest BCUT2D eigenvalue weighted by Crippen LogP contribution is -2.30. The van der Waals surface area contributed by atoms with Crippen LogP contribution in [-0.2, 0) is 9.59 Å². The van der Waals surface area contributed by atoms with Crippen LogP contribution in [0.5, 0.6) is 11.5 Å². The van der Waals surface area contributed by atoms with Crippen LogP contribution in [0.1, 0.15) is 48.9 Å². The Morgan fingerprint density at radius 2 is 1.68 bits per heavy atom. The third-order valence-electron chi connectivity index (χ3n) is 5.57. The number of hydrogen-bond donors (Lipinski definition) is 1. The van der Waals surface area contributed by atoms with Crippen LogP contribution < -0.4 is 9.47 Å². The minimum Gasteiger partial charge on any atom is -0.506 e. The molecule has 1 unspecified atom stereocenters. The van der Waals surface area contributed by atoms with Gasteiger partial charge in [0.15, 0.2) is 0 Å². The number of unbranched alkanes of at least 4 members (excludes halogenated alkanes) is 2. The molecule has 1 aliphatic rings. The van der Waals surface area contributed by atoms with E-state index in [1.807, 2.05) is 31.2 Å². The highest BCUT2D eigenvalue weighted by Gasteiger charge is 2.46. The summed E-state index contributed by atoms with van der Waals surface area (Å²) in [6.45, 7) is 4.48. The number of carbonyl (C=O) groups excluding carboxylic acids is 2. The average Bonchev–Trinajstić information content (AvgIpc) is 3.03. The molecule has 1 fully saturated rings. The van der Waals surface area contributed by atoms with Crippen molar-refractivity contribution in [2.75, 3.05) is 20.8 Å². The van der Waals surface area contributed by atoms with Crippen LogP contribution in [0.2, 0.25) is 0 Å². The fourth-order valence-electron chi connectivity index (χ4n) is 4.05. The van der Waals surface area contributed by atoms with E-state index in [-0.39, 0.29) is 16.9 Å². The van der Waals surface area contributed by atoms with E-state index in [9.17, 15) is 14.7 Å². The SMILES string of the molecule is CCCCCN1C(=O)C(=O)/C(=C(/O)c2c(OC)cccc2OC)C1c1cccc(C)c1. The topological polar surface area (TPSA) is 76.1 Å². The Balaban J connectivity index is 2.23. The molecule has 0 aliphatic carbocycles. The number of ketones is 1. The lowest BCUT2D eigenvalue weighted by molar-refractivity contribution is -0.139. The number of aliphatic hydroxyl groups excluding tert-OH is 1. The molecule has 0 saturated carbocycles. The van der Waals surface area contributed by atoms with Crippen molar-refractivity contribution < 1.29 is 24.2 Å². The van der Waals surface area contributed by atoms with Gasteiger partial charge in [-0.25, -0.2) is 0 Å². The third kappa shape index (κ3) is 4.29. The number of amides is 1. The number of hydrogen-bond acceptors (Lipinski definition) is 5. The summed E-state index contributed by atoms with van der Waals surface area (Å²) in [6, 6.07) is 12.1. The van der Waals surface area contributed by atoms with Gasteiger partial charge in [0.25, 0.3) is 11.7 Å². The summed E-state index contributed by atoms with van der Waals surface area (Å²) in [6.07, 6.45) is 2.73. The van der Waals surface area contributed by atoms with E-state index in [1.165, 1.54) is 14.2 Å². The third-order valence-corrected chi connectivity index (χ3v) is 5.57. The fourth-order valence-corrected chi connectivity index (χ4v) is 4.05. The van der Waals surface area contributed by atoms with Gasteiger partial charge < -0.3 is 19.5 Å². The van der Waals surface area contributed by atoms with Crippen molar-refractivity contribution in [1.29, 1.82) is 0 Å². The van der Waals surface area contributed by atoms with Crippen LogP contribution in [0.3, 0.4) is 0 Å². The molecular weight excluding hydrogens is 394 g/mol. The number of aliphatic hydroxyl groups is 1. The number of ether oxygens (including phenoxy) is 2. The smallest absolute Gasteiger partial charge is 0.295 e. The second kappa shape index (κ2) is 9.69. The summed E-state index contributed by atoms with van der Waals surface area (Å²) in [7, 11) is 2.96. The molecule has 0 spiro atoms. The Hall–Kier alpha value is -3.28. The van der Waals surface area contributed by atoms with Gasteiger partial charge in [-0.2, -0.15) is 0 Å². The summed E-state index contributed by atoms with van der Waals surface area (Å²) < 4.78 is 10.8. The number of likely N-dealkylation sites (tertiary alicyclic amines) is 1. The van der Waals surface area contributed by atoms with E-state index in [0.717, 1.165) is 30.4 Å². The molecule has 0 radical (unpaired) electrons. The molecule has 1 saturated heterocycles. The van der Waals surface area contributed by atoms with Crippen LogP contribution in [0.4, 0.5) is 0 Å². The zero-order valence-corrected chi connectivity index (χ0v) is 18.5. The van der Waals surface area contributed by atoms with Crippen molar-refractivity contribution in [3.63, 3.8) is 0 Å². The fraction of sp³-hybridized carbons (Fsp3) is 0.360. The highest BCUT2D eigenvalue weighted by molar-refractivity contribution is 6.46. The molecule has 1 amide bonds. The first-order chi connectivity index (χ1) is 14.9. The molecule has 1 heterocycles. The molecule has 164 valence electrons. The van der Waals surface area contributed by atoms with E-state index in [4.69, 9.17) is 9.47 Å². The Morgan fingerprint density at radius 3 is 2.26 bits per heavy atom. The quantitative estimate of drug-likeness (QED) is 0.290. The standard InChI is InChI=1S/C25H29NO5/c1-5-6-7-14-26-22(17-11-8-10-16(2)15-17)21(24(28)25(26)29)23(27)20-18(30-3)12-9-13-19(20)31-4/h8-13,15,22,27H,5-7,14H2,1-4H3/b23-21+. The Kier molecular flexibility index (Phi) is 7.00. The van der Waals surface area contributed by atoms with E-state index in [2.05, 4.69) is 6.92 Å². The zero-order valence-electron chi connectivity index (χ0n) is 18.5. The van der Waals surface area contributed by atoms with Crippen LogP contribution in [0.15, 0.2) is 48.0 Å². The van der Waals surface area contributed by atoms with Gasteiger partial charge in [-0.1, -0.05) is 55.7 Å². The Labute approximate surface area is 183 Å². The molecule has 1 aliphatic heterocycles. The number of carbonyl (C=O) groups is 2. The van der Waals surface area contributed by atoms with Crippen LogP contribution >= 0.6 is 0 Å². The molecule has 1 N–H and O–H groups in total. The van der Waals surface area contributed by atoms with Gasteiger partial charge in [-0.3, -0.25) is 9.59 Å². The molecule has 31 heavy (non-hydrogen) atoms. The monoisotopic (exact) mass is 423 g/mol. The number of methoxy groups -OCH3 is 2. The molecule has 2 aromatic carbocycles. The van der Waals surface area contributed by atoms with Gasteiger partial charge in [-0.15, -0.1) is 0 Å². The van der Waals surface area contributed by atoms with Crippen molar-refractivity contribution in [3.8, 4) is 11.5 Å². The minimum absolute atomic E-state index is 0.0508. The van der Waals surface area contributed by atoms with Crippen molar-refractivity contribution in [3.05, 3.63) is 64.7 Å². The predicted octanol–water partition coefficient (Wildman–Crippen LogP) is 4.62. The second-order valence-electron chi connectivity index (χ2n) is 7.65. The summed E-state index contributed by atoms with van der Waals surface area (Å²) in [5, 5.41) is 11.3. The second-order valence-corrected chi connectivity index (χ2v) is 7.65. The molecule has 6 nitrogen and oxygen atoms in total. The summed E-state index contributed by atoms with van der Waals surface area (Å²) in [4.78, 5) is 27.7. The number of nitrogens with zero attached hydrogens (tertiary/aromatic N) is 1. The Morgan fingerprint density at radius 1 is 1.03 bits per heavy atom. The highest BCUT2D eigenvalue weighted by Crippen LogP contribution is 2.43. The Bertz CT molecular complexity index is 988. The van der Waals surface area contributed by atoms with Crippen LogP contribution in [0.25, 0.3) is 5.76 Å². The largest absolute Gasteiger partial charge is 0.506 e. The first-order valence-electron chi connectivity index (χ1n) is 10.5. The number of benzene rings is 2. The number of Topliss-reactive ketones (excluding diaryl/α,β-unsaturated/α-hetero) is 1. The molecule has 3 rings (SSSR count). The minimum atomic E-state index is -0.700. The van der Waals surface area contributed by atoms with Crippen molar-refractivity contribution in [2.24, 2.45) is 0 Å². The molecular formula is C25H29NO5. The number of aryl methyl sites for hydroxylation is 1. The van der Waals surface area contributed by atoms with E-state index >= 15 is 0 Å². The maximum Gasteiger partial charge on any atom is 0.295 e. The van der Waals surface area contributed by atoms with Crippen LogP contribution in [-0.4, -0.2) is 42.5 Å². The zero-order chi connectivity index (χ0) is 22.5. The normalized spacial score (nSPS) is 17.8. The summed E-state index contributed by atoms with van der Waals surface area (Å²) in [5.74, 6) is -0.877. The molecule has 0 aromatic heterocycles. The van der Waals surface area contributed by atoms with Gasteiger partial charge in [-0.05, 0) is 31.0 Å². The molecule has 1 atom stereocenters. The van der Waals surface area contributed by atoms with E-state index < -0.39 is 17.7 Å². The number of rotatable bonds is 8. The van der Waals surface area contributed by atoms with Gasteiger partial charge >= 0.3 is 0 Å². The summed E-state index contributed by atoms with van der Waals surface area (Å²) >= 11 is 0. The highest BCUT2D eigenvalue weighted by atomic mass is 16.5. The lowest BCUT2D eigenvalue weighted by Gasteiger charge is -2.26. The van der Waals surface area contributed by atoms with Gasteiger partial charge in [0.1, 0.15) is 22.8 Å². The maximum absolute atomic E-state index is 13.1. The molecule has 2 aromatic rings. The van der Waals surface area contributed by atoms with Gasteiger partial charge in [0.2, 0.25) is 0 Å². The average molecular weight is 424 g/mol. The first kappa shape index (κ1) is 22.4. The van der Waals surface area contributed by atoms with Gasteiger partial charge in [0, 0.05) is 6.54 Å². The maximum atomic E-state index is 13.1. The lowest BCUT2D eigenvalue weighted by atomic mass is 9.93.